The third-order valence-corrected chi connectivity index (χ3v) is 3.88. The van der Waals surface area contributed by atoms with Crippen molar-refractivity contribution in [2.24, 2.45) is 5.92 Å². The molecule has 1 unspecified atom stereocenters. The Morgan fingerprint density at radius 1 is 1.41 bits per heavy atom. The first kappa shape index (κ1) is 14.3. The summed E-state index contributed by atoms with van der Waals surface area (Å²) in [5.41, 5.74) is 6.82. The molecule has 1 aromatic rings. The van der Waals surface area contributed by atoms with Crippen molar-refractivity contribution in [2.45, 2.75) is 38.6 Å². The summed E-state index contributed by atoms with van der Waals surface area (Å²) in [7, 11) is 0. The van der Waals surface area contributed by atoms with Crippen molar-refractivity contribution in [1.82, 2.24) is 9.97 Å². The molecule has 0 aromatic carbocycles. The Kier molecular flexibility index (Phi) is 5.71. The molecule has 0 aliphatic rings. The molecule has 1 heterocycles. The lowest BCUT2D eigenvalue weighted by Gasteiger charge is -2.11. The summed E-state index contributed by atoms with van der Waals surface area (Å²) in [6, 6.07) is 0. The van der Waals surface area contributed by atoms with Gasteiger partial charge >= 0.3 is 0 Å². The lowest BCUT2D eigenvalue weighted by atomic mass is 10.2. The minimum atomic E-state index is 0.203. The molecule has 4 nitrogen and oxygen atoms in total. The first-order chi connectivity index (χ1) is 8.08. The van der Waals surface area contributed by atoms with E-state index in [0.717, 1.165) is 35.0 Å². The second-order valence-corrected chi connectivity index (χ2v) is 5.31. The normalized spacial score (nSPS) is 12.7. The maximum atomic E-state index is 9.00. The van der Waals surface area contributed by atoms with Crippen molar-refractivity contribution in [3.8, 4) is 0 Å². The van der Waals surface area contributed by atoms with E-state index in [-0.39, 0.29) is 12.5 Å². The highest BCUT2D eigenvalue weighted by atomic mass is 32.2. The molecule has 17 heavy (non-hydrogen) atoms. The largest absolute Gasteiger partial charge is 0.396 e. The summed E-state index contributed by atoms with van der Waals surface area (Å²) in [4.78, 5) is 8.79. The number of hydrogen-bond acceptors (Lipinski definition) is 5. The minimum Gasteiger partial charge on any atom is -0.396 e. The highest BCUT2D eigenvalue weighted by Gasteiger charge is 2.10. The first-order valence-corrected chi connectivity index (χ1v) is 6.93. The Hall–Kier alpha value is -0.810. The Bertz CT molecular complexity index is 371. The van der Waals surface area contributed by atoms with E-state index in [2.05, 4.69) is 16.9 Å². The van der Waals surface area contributed by atoms with E-state index in [0.29, 0.717) is 5.82 Å². The maximum absolute atomic E-state index is 9.00. The lowest BCUT2D eigenvalue weighted by molar-refractivity contribution is 0.250. The van der Waals surface area contributed by atoms with Crippen LogP contribution in [0.1, 0.15) is 31.7 Å². The fraction of sp³-hybridized carbons (Fsp3) is 0.667. The summed E-state index contributed by atoms with van der Waals surface area (Å²) in [6.07, 6.45) is 1.87. The lowest BCUT2D eigenvalue weighted by Crippen LogP contribution is -2.07. The quantitative estimate of drug-likeness (QED) is 0.601. The fourth-order valence-corrected chi connectivity index (χ4v) is 2.35. The van der Waals surface area contributed by atoms with E-state index in [9.17, 15) is 0 Å². The van der Waals surface area contributed by atoms with Crippen molar-refractivity contribution in [1.29, 1.82) is 0 Å². The molecular formula is C12H21N3OS. The molecule has 0 fully saturated rings. The number of hydrogen-bond donors (Lipinski definition) is 2. The van der Waals surface area contributed by atoms with E-state index < -0.39 is 0 Å². The highest BCUT2D eigenvalue weighted by Crippen LogP contribution is 2.25. The van der Waals surface area contributed by atoms with Crippen molar-refractivity contribution in [3.05, 3.63) is 11.4 Å². The zero-order valence-electron chi connectivity index (χ0n) is 10.7. The van der Waals surface area contributed by atoms with E-state index in [4.69, 9.17) is 10.8 Å². The molecule has 0 spiro atoms. The standard InChI is InChI=1S/C12H21N3OS/c1-4-5-10-14-11(13)9(3)12(15-10)17-7-8(2)6-16/h8,16H,4-7H2,1-3H3,(H2,13,14,15). The van der Waals surface area contributed by atoms with Gasteiger partial charge < -0.3 is 10.8 Å². The average molecular weight is 255 g/mol. The summed E-state index contributed by atoms with van der Waals surface area (Å²) in [5.74, 6) is 2.50. The number of aliphatic hydroxyl groups excluding tert-OH is 1. The van der Waals surface area contributed by atoms with E-state index in [1.807, 2.05) is 13.8 Å². The number of nitrogens with zero attached hydrogens (tertiary/aromatic N) is 2. The van der Waals surface area contributed by atoms with Gasteiger partial charge in [-0.3, -0.25) is 0 Å². The predicted octanol–water partition coefficient (Wildman–Crippen LogP) is 2.04. The second-order valence-electron chi connectivity index (χ2n) is 4.30. The summed E-state index contributed by atoms with van der Waals surface area (Å²) < 4.78 is 0. The van der Waals surface area contributed by atoms with Crippen LogP contribution in [0.5, 0.6) is 0 Å². The third kappa shape index (κ3) is 4.16. The summed E-state index contributed by atoms with van der Waals surface area (Å²) >= 11 is 1.64. The van der Waals surface area contributed by atoms with Crippen LogP contribution >= 0.6 is 11.8 Å². The third-order valence-electron chi connectivity index (χ3n) is 2.47. The van der Waals surface area contributed by atoms with Crippen LogP contribution in [0.3, 0.4) is 0 Å². The number of thioether (sulfide) groups is 1. The van der Waals surface area contributed by atoms with E-state index in [1.165, 1.54) is 0 Å². The first-order valence-electron chi connectivity index (χ1n) is 5.95. The topological polar surface area (TPSA) is 72.0 Å². The van der Waals surface area contributed by atoms with Crippen molar-refractivity contribution < 1.29 is 5.11 Å². The highest BCUT2D eigenvalue weighted by molar-refractivity contribution is 7.99. The molecular weight excluding hydrogens is 234 g/mol. The van der Waals surface area contributed by atoms with E-state index >= 15 is 0 Å². The number of nitrogen functional groups attached to an aromatic ring is 1. The number of aliphatic hydroxyl groups is 1. The maximum Gasteiger partial charge on any atom is 0.132 e. The van der Waals surface area contributed by atoms with Gasteiger partial charge in [0.2, 0.25) is 0 Å². The smallest absolute Gasteiger partial charge is 0.132 e. The van der Waals surface area contributed by atoms with Crippen LogP contribution in [0, 0.1) is 12.8 Å². The zero-order valence-corrected chi connectivity index (χ0v) is 11.5. The van der Waals surface area contributed by atoms with Gasteiger partial charge in [-0.15, -0.1) is 11.8 Å². The summed E-state index contributed by atoms with van der Waals surface area (Å²) in [6.45, 7) is 6.26. The molecule has 0 saturated heterocycles. The van der Waals surface area contributed by atoms with Gasteiger partial charge in [0.15, 0.2) is 0 Å². The number of aromatic nitrogens is 2. The minimum absolute atomic E-state index is 0.203. The van der Waals surface area contributed by atoms with Gasteiger partial charge in [-0.1, -0.05) is 13.8 Å². The Morgan fingerprint density at radius 2 is 2.12 bits per heavy atom. The molecule has 0 aliphatic heterocycles. The molecule has 1 aromatic heterocycles. The van der Waals surface area contributed by atoms with Crippen LogP contribution in [-0.2, 0) is 6.42 Å². The molecule has 0 aliphatic carbocycles. The molecule has 0 radical (unpaired) electrons. The van der Waals surface area contributed by atoms with Crippen LogP contribution in [0.25, 0.3) is 0 Å². The monoisotopic (exact) mass is 255 g/mol. The van der Waals surface area contributed by atoms with E-state index in [1.54, 1.807) is 11.8 Å². The van der Waals surface area contributed by atoms with Gasteiger partial charge in [0.1, 0.15) is 16.7 Å². The molecule has 1 atom stereocenters. The van der Waals surface area contributed by atoms with Crippen molar-refractivity contribution in [2.75, 3.05) is 18.1 Å². The number of anilines is 1. The number of nitrogens with two attached hydrogens (primary N) is 1. The van der Waals surface area contributed by atoms with Crippen LogP contribution in [0.15, 0.2) is 5.03 Å². The fourth-order valence-electron chi connectivity index (χ4n) is 1.31. The van der Waals surface area contributed by atoms with Gasteiger partial charge in [-0.2, -0.15) is 0 Å². The van der Waals surface area contributed by atoms with Gasteiger partial charge in [0.25, 0.3) is 0 Å². The molecule has 0 saturated carbocycles. The zero-order chi connectivity index (χ0) is 12.8. The van der Waals surface area contributed by atoms with Crippen LogP contribution in [-0.4, -0.2) is 27.4 Å². The Labute approximate surface area is 107 Å². The Balaban J connectivity index is 2.82. The predicted molar refractivity (Wildman–Crippen MR) is 72.2 cm³/mol. The average Bonchev–Trinajstić information content (AvgIpc) is 2.31. The molecule has 1 rings (SSSR count). The summed E-state index contributed by atoms with van der Waals surface area (Å²) in [5, 5.41) is 9.95. The van der Waals surface area contributed by atoms with Crippen LogP contribution in [0.4, 0.5) is 5.82 Å². The molecule has 0 bridgehead atoms. The van der Waals surface area contributed by atoms with Crippen LogP contribution < -0.4 is 5.73 Å². The molecule has 96 valence electrons. The van der Waals surface area contributed by atoms with Gasteiger partial charge in [0.05, 0.1) is 0 Å². The Morgan fingerprint density at radius 3 is 2.71 bits per heavy atom. The van der Waals surface area contributed by atoms with Crippen LogP contribution in [0.2, 0.25) is 0 Å². The van der Waals surface area contributed by atoms with Gasteiger partial charge in [-0.25, -0.2) is 9.97 Å². The molecule has 3 N–H and O–H groups in total. The second kappa shape index (κ2) is 6.81. The number of rotatable bonds is 6. The number of aryl methyl sites for hydroxylation is 1. The molecule has 5 heteroatoms. The van der Waals surface area contributed by atoms with Crippen molar-refractivity contribution in [3.63, 3.8) is 0 Å². The molecule has 0 amide bonds. The van der Waals surface area contributed by atoms with Crippen molar-refractivity contribution >= 4 is 17.6 Å². The SMILES string of the molecule is CCCc1nc(N)c(C)c(SCC(C)CO)n1. The van der Waals surface area contributed by atoms with Gasteiger partial charge in [-0.05, 0) is 19.3 Å². The van der Waals surface area contributed by atoms with Gasteiger partial charge in [0, 0.05) is 24.3 Å².